The highest BCUT2D eigenvalue weighted by Crippen LogP contribution is 2.51. The van der Waals surface area contributed by atoms with Gasteiger partial charge in [-0.1, -0.05) is 6.92 Å². The molecule has 2 heteroatoms. The van der Waals surface area contributed by atoms with Crippen molar-refractivity contribution in [2.24, 2.45) is 5.41 Å². The summed E-state index contributed by atoms with van der Waals surface area (Å²) in [5.41, 5.74) is 1.85. The molecule has 1 aliphatic carbocycles. The van der Waals surface area contributed by atoms with Gasteiger partial charge in [-0.15, -0.1) is 0 Å². The van der Waals surface area contributed by atoms with Gasteiger partial charge in [0.15, 0.2) is 0 Å². The number of hydrogen-bond acceptors (Lipinski definition) is 2. The zero-order valence-electron chi connectivity index (χ0n) is 9.05. The van der Waals surface area contributed by atoms with E-state index in [1.165, 1.54) is 18.4 Å². The average Bonchev–Trinajstić information content (AvgIpc) is 2.75. The summed E-state index contributed by atoms with van der Waals surface area (Å²) in [6, 6.07) is 2.71. The molecule has 0 aromatic carbocycles. The van der Waals surface area contributed by atoms with Crippen LogP contribution in [-0.4, -0.2) is 12.6 Å². The molecule has 1 heterocycles. The second-order valence-corrected chi connectivity index (χ2v) is 4.45. The highest BCUT2D eigenvalue weighted by molar-refractivity contribution is 5.14. The summed E-state index contributed by atoms with van der Waals surface area (Å²) in [6.45, 7) is 5.54. The Morgan fingerprint density at radius 2 is 2.36 bits per heavy atom. The fourth-order valence-corrected chi connectivity index (χ4v) is 2.25. The van der Waals surface area contributed by atoms with Crippen LogP contribution in [0.3, 0.4) is 0 Å². The lowest BCUT2D eigenvalue weighted by atomic mass is 9.91. The van der Waals surface area contributed by atoms with Crippen LogP contribution in [0, 0.1) is 5.41 Å². The van der Waals surface area contributed by atoms with Gasteiger partial charge in [0.25, 0.3) is 0 Å². The van der Waals surface area contributed by atoms with Gasteiger partial charge < -0.3 is 9.73 Å². The Labute approximate surface area is 85.7 Å². The van der Waals surface area contributed by atoms with Gasteiger partial charge in [-0.3, -0.25) is 0 Å². The first-order chi connectivity index (χ1) is 6.77. The summed E-state index contributed by atoms with van der Waals surface area (Å²) in [7, 11) is 0. The van der Waals surface area contributed by atoms with Crippen molar-refractivity contribution >= 4 is 0 Å². The van der Waals surface area contributed by atoms with Gasteiger partial charge in [0.05, 0.1) is 12.5 Å². The minimum absolute atomic E-state index is 0.514. The highest BCUT2D eigenvalue weighted by Gasteiger charge is 2.46. The SMILES string of the molecule is CCNC(C)C1(Cc2ccoc2)CC1. The van der Waals surface area contributed by atoms with Crippen LogP contribution in [0.1, 0.15) is 32.3 Å². The summed E-state index contributed by atoms with van der Waals surface area (Å²) >= 11 is 0. The largest absolute Gasteiger partial charge is 0.472 e. The van der Waals surface area contributed by atoms with Gasteiger partial charge in [0, 0.05) is 6.04 Å². The van der Waals surface area contributed by atoms with E-state index in [4.69, 9.17) is 4.42 Å². The third-order valence-electron chi connectivity index (χ3n) is 3.46. The lowest BCUT2D eigenvalue weighted by molar-refractivity contribution is 0.354. The van der Waals surface area contributed by atoms with Gasteiger partial charge in [0.1, 0.15) is 0 Å². The van der Waals surface area contributed by atoms with Crippen LogP contribution in [0.15, 0.2) is 23.0 Å². The van der Waals surface area contributed by atoms with E-state index in [9.17, 15) is 0 Å². The quantitative estimate of drug-likeness (QED) is 0.777. The first kappa shape index (κ1) is 9.78. The third-order valence-corrected chi connectivity index (χ3v) is 3.46. The van der Waals surface area contributed by atoms with E-state index in [2.05, 4.69) is 25.2 Å². The minimum Gasteiger partial charge on any atom is -0.472 e. The van der Waals surface area contributed by atoms with Gasteiger partial charge >= 0.3 is 0 Å². The normalized spacial score (nSPS) is 20.7. The molecular formula is C12H19NO. The molecule has 1 aromatic heterocycles. The lowest BCUT2D eigenvalue weighted by Gasteiger charge is -2.23. The summed E-state index contributed by atoms with van der Waals surface area (Å²) in [4.78, 5) is 0. The van der Waals surface area contributed by atoms with Crippen LogP contribution >= 0.6 is 0 Å². The van der Waals surface area contributed by atoms with Crippen molar-refractivity contribution in [3.8, 4) is 0 Å². The van der Waals surface area contributed by atoms with Crippen LogP contribution < -0.4 is 5.32 Å². The fourth-order valence-electron chi connectivity index (χ4n) is 2.25. The van der Waals surface area contributed by atoms with Crippen LogP contribution in [0.25, 0.3) is 0 Å². The molecule has 0 saturated heterocycles. The van der Waals surface area contributed by atoms with Gasteiger partial charge in [-0.2, -0.15) is 0 Å². The number of nitrogens with one attached hydrogen (secondary N) is 1. The second-order valence-electron chi connectivity index (χ2n) is 4.45. The van der Waals surface area contributed by atoms with E-state index in [0.717, 1.165) is 13.0 Å². The van der Waals surface area contributed by atoms with E-state index in [1.807, 2.05) is 6.26 Å². The number of rotatable bonds is 5. The van der Waals surface area contributed by atoms with E-state index in [-0.39, 0.29) is 0 Å². The van der Waals surface area contributed by atoms with Crippen molar-refractivity contribution in [2.75, 3.05) is 6.54 Å². The van der Waals surface area contributed by atoms with Crippen molar-refractivity contribution in [1.82, 2.24) is 5.32 Å². The molecule has 1 aromatic rings. The van der Waals surface area contributed by atoms with Crippen LogP contribution in [-0.2, 0) is 6.42 Å². The molecule has 14 heavy (non-hydrogen) atoms. The molecule has 0 aliphatic heterocycles. The van der Waals surface area contributed by atoms with Gasteiger partial charge in [-0.05, 0) is 49.8 Å². The molecule has 1 atom stereocenters. The summed E-state index contributed by atoms with van der Waals surface area (Å²) in [5, 5.41) is 3.53. The highest BCUT2D eigenvalue weighted by atomic mass is 16.3. The Morgan fingerprint density at radius 3 is 2.86 bits per heavy atom. The maximum atomic E-state index is 5.11. The standard InChI is InChI=1S/C12H19NO/c1-3-13-10(2)12(5-6-12)8-11-4-7-14-9-11/h4,7,9-10,13H,3,5-6,8H2,1-2H3. The molecule has 0 amide bonds. The molecule has 0 radical (unpaired) electrons. The van der Waals surface area contributed by atoms with Gasteiger partial charge in [-0.25, -0.2) is 0 Å². The smallest absolute Gasteiger partial charge is 0.0934 e. The molecular weight excluding hydrogens is 174 g/mol. The Bertz CT molecular complexity index is 275. The Morgan fingerprint density at radius 1 is 1.57 bits per heavy atom. The predicted octanol–water partition coefficient (Wildman–Crippen LogP) is 2.60. The van der Waals surface area contributed by atoms with E-state index >= 15 is 0 Å². The monoisotopic (exact) mass is 193 g/mol. The third kappa shape index (κ3) is 1.85. The fraction of sp³-hybridized carbons (Fsp3) is 0.667. The number of hydrogen-bond donors (Lipinski definition) is 1. The molecule has 2 rings (SSSR count). The average molecular weight is 193 g/mol. The summed E-state index contributed by atoms with van der Waals surface area (Å²) < 4.78 is 5.11. The number of furan rings is 1. The second kappa shape index (κ2) is 3.77. The molecule has 1 unspecified atom stereocenters. The van der Waals surface area contributed by atoms with Crippen LogP contribution in [0.2, 0.25) is 0 Å². The lowest BCUT2D eigenvalue weighted by Crippen LogP contribution is -2.35. The Kier molecular flexibility index (Phi) is 2.64. The molecule has 1 aliphatic rings. The summed E-state index contributed by atoms with van der Waals surface area (Å²) in [5.74, 6) is 0. The molecule has 0 spiro atoms. The van der Waals surface area contributed by atoms with Crippen LogP contribution in [0.5, 0.6) is 0 Å². The Hall–Kier alpha value is -0.760. The molecule has 78 valence electrons. The van der Waals surface area contributed by atoms with Crippen molar-refractivity contribution in [1.29, 1.82) is 0 Å². The molecule has 1 saturated carbocycles. The maximum absolute atomic E-state index is 5.11. The van der Waals surface area contributed by atoms with E-state index in [0.29, 0.717) is 11.5 Å². The minimum atomic E-state index is 0.514. The zero-order valence-corrected chi connectivity index (χ0v) is 9.05. The van der Waals surface area contributed by atoms with Crippen molar-refractivity contribution < 1.29 is 4.42 Å². The molecule has 1 N–H and O–H groups in total. The van der Waals surface area contributed by atoms with Gasteiger partial charge in [0.2, 0.25) is 0 Å². The van der Waals surface area contributed by atoms with Crippen molar-refractivity contribution in [3.63, 3.8) is 0 Å². The van der Waals surface area contributed by atoms with Crippen molar-refractivity contribution in [3.05, 3.63) is 24.2 Å². The van der Waals surface area contributed by atoms with Crippen molar-refractivity contribution in [2.45, 2.75) is 39.2 Å². The molecule has 0 bridgehead atoms. The topological polar surface area (TPSA) is 25.2 Å². The molecule has 1 fully saturated rings. The van der Waals surface area contributed by atoms with E-state index < -0.39 is 0 Å². The first-order valence-corrected chi connectivity index (χ1v) is 5.51. The summed E-state index contributed by atoms with van der Waals surface area (Å²) in [6.07, 6.45) is 7.51. The zero-order chi connectivity index (χ0) is 10.0. The maximum Gasteiger partial charge on any atom is 0.0934 e. The van der Waals surface area contributed by atoms with E-state index in [1.54, 1.807) is 6.26 Å². The predicted molar refractivity (Wildman–Crippen MR) is 57.2 cm³/mol. The molecule has 2 nitrogen and oxygen atoms in total. The van der Waals surface area contributed by atoms with Crippen LogP contribution in [0.4, 0.5) is 0 Å². The Balaban J connectivity index is 1.96. The first-order valence-electron chi connectivity index (χ1n) is 5.51.